The van der Waals surface area contributed by atoms with Crippen LogP contribution in [0.2, 0.25) is 0 Å². The average molecular weight is 501 g/mol. The third kappa shape index (κ3) is 8.99. The van der Waals surface area contributed by atoms with Crippen LogP contribution in [-0.2, 0) is 20.8 Å². The van der Waals surface area contributed by atoms with Crippen molar-refractivity contribution < 1.29 is 23.9 Å². The zero-order valence-corrected chi connectivity index (χ0v) is 20.4. The maximum Gasteiger partial charge on any atom is 0.329 e. The van der Waals surface area contributed by atoms with Gasteiger partial charge in [0.05, 0.1) is 6.21 Å². The first-order valence-electron chi connectivity index (χ1n) is 11.6. The Morgan fingerprint density at radius 1 is 0.865 bits per heavy atom. The van der Waals surface area contributed by atoms with Gasteiger partial charge in [-0.15, -0.1) is 0 Å². The zero-order chi connectivity index (χ0) is 26.5. The summed E-state index contributed by atoms with van der Waals surface area (Å²) < 4.78 is 10.9. The first-order chi connectivity index (χ1) is 18.0. The van der Waals surface area contributed by atoms with Crippen LogP contribution < -0.4 is 25.5 Å². The van der Waals surface area contributed by atoms with E-state index >= 15 is 0 Å². The molecule has 9 nitrogen and oxygen atoms in total. The zero-order valence-electron chi connectivity index (χ0n) is 20.4. The molecule has 0 spiro atoms. The van der Waals surface area contributed by atoms with Crippen LogP contribution >= 0.6 is 0 Å². The standard InChI is InChI=1S/C28H28N4O5/c1-3-16-36-24-14-12-23(13-15-24)31-27(34)28(35)32-29-18-21-6-5-7-25(17-21)37-19-26(33)30-22-10-8-20(4-2)9-11-22/h3,5-15,17-18H,1,4,16,19H2,2H3,(H,30,33)(H,31,34)(H,32,35)/b29-18-. The average Bonchev–Trinajstić information content (AvgIpc) is 2.92. The van der Waals surface area contributed by atoms with Crippen LogP contribution in [0.3, 0.4) is 0 Å². The number of ether oxygens (including phenoxy) is 2. The number of hydrazone groups is 1. The molecule has 0 heterocycles. The predicted octanol–water partition coefficient (Wildman–Crippen LogP) is 3.92. The molecule has 3 N–H and O–H groups in total. The Kier molecular flexibility index (Phi) is 9.98. The van der Waals surface area contributed by atoms with Gasteiger partial charge >= 0.3 is 11.8 Å². The minimum absolute atomic E-state index is 0.172. The number of rotatable bonds is 11. The summed E-state index contributed by atoms with van der Waals surface area (Å²) in [6, 6.07) is 21.0. The minimum atomic E-state index is -0.931. The Bertz CT molecular complexity index is 1250. The quantitative estimate of drug-likeness (QED) is 0.160. The van der Waals surface area contributed by atoms with Crippen molar-refractivity contribution in [3.63, 3.8) is 0 Å². The lowest BCUT2D eigenvalue weighted by atomic mass is 10.1. The molecule has 9 heteroatoms. The Balaban J connectivity index is 1.44. The Labute approximate surface area is 215 Å². The number of carbonyl (C=O) groups is 3. The first-order valence-corrected chi connectivity index (χ1v) is 11.6. The van der Waals surface area contributed by atoms with E-state index < -0.39 is 11.8 Å². The van der Waals surface area contributed by atoms with E-state index in [9.17, 15) is 14.4 Å². The summed E-state index contributed by atoms with van der Waals surface area (Å²) in [5, 5.41) is 9.06. The molecule has 3 aromatic rings. The minimum Gasteiger partial charge on any atom is -0.490 e. The maximum atomic E-state index is 12.2. The molecule has 0 aliphatic carbocycles. The highest BCUT2D eigenvalue weighted by molar-refractivity contribution is 6.39. The molecule has 0 radical (unpaired) electrons. The molecular formula is C28H28N4O5. The Hall–Kier alpha value is -4.92. The largest absolute Gasteiger partial charge is 0.490 e. The summed E-state index contributed by atoms with van der Waals surface area (Å²) in [5.74, 6) is -1.03. The van der Waals surface area contributed by atoms with Crippen molar-refractivity contribution in [3.05, 3.63) is 96.6 Å². The summed E-state index contributed by atoms with van der Waals surface area (Å²) >= 11 is 0. The lowest BCUT2D eigenvalue weighted by Crippen LogP contribution is -2.32. The third-order valence-electron chi connectivity index (χ3n) is 4.94. The molecule has 0 fully saturated rings. The van der Waals surface area contributed by atoms with Crippen LogP contribution in [0.5, 0.6) is 11.5 Å². The highest BCUT2D eigenvalue weighted by Crippen LogP contribution is 2.16. The van der Waals surface area contributed by atoms with Crippen LogP contribution in [0.15, 0.2) is 90.6 Å². The fourth-order valence-electron chi connectivity index (χ4n) is 3.05. The van der Waals surface area contributed by atoms with Gasteiger partial charge in [-0.25, -0.2) is 5.43 Å². The van der Waals surface area contributed by atoms with Gasteiger partial charge in [0.15, 0.2) is 6.61 Å². The molecule has 190 valence electrons. The predicted molar refractivity (Wildman–Crippen MR) is 143 cm³/mol. The fourth-order valence-corrected chi connectivity index (χ4v) is 3.05. The topological polar surface area (TPSA) is 118 Å². The molecule has 3 amide bonds. The van der Waals surface area contributed by atoms with Gasteiger partial charge in [-0.05, 0) is 66.1 Å². The van der Waals surface area contributed by atoms with Crippen LogP contribution in [0.4, 0.5) is 11.4 Å². The molecule has 0 saturated carbocycles. The van der Waals surface area contributed by atoms with Gasteiger partial charge in [-0.2, -0.15) is 5.10 Å². The summed E-state index contributed by atoms with van der Waals surface area (Å²) in [6.07, 6.45) is 3.91. The first kappa shape index (κ1) is 26.7. The molecule has 0 aliphatic heterocycles. The number of hydrogen-bond acceptors (Lipinski definition) is 6. The third-order valence-corrected chi connectivity index (χ3v) is 4.94. The molecule has 0 aromatic heterocycles. The van der Waals surface area contributed by atoms with Crippen molar-refractivity contribution in [3.8, 4) is 11.5 Å². The van der Waals surface area contributed by atoms with Gasteiger partial charge in [0.2, 0.25) is 0 Å². The van der Waals surface area contributed by atoms with E-state index in [4.69, 9.17) is 9.47 Å². The van der Waals surface area contributed by atoms with Gasteiger partial charge in [-0.3, -0.25) is 14.4 Å². The number of amides is 3. The Morgan fingerprint density at radius 3 is 2.27 bits per heavy atom. The van der Waals surface area contributed by atoms with Crippen molar-refractivity contribution in [2.24, 2.45) is 5.10 Å². The lowest BCUT2D eigenvalue weighted by Gasteiger charge is -2.08. The van der Waals surface area contributed by atoms with E-state index in [-0.39, 0.29) is 12.5 Å². The van der Waals surface area contributed by atoms with E-state index in [0.717, 1.165) is 6.42 Å². The maximum absolute atomic E-state index is 12.2. The summed E-state index contributed by atoms with van der Waals surface area (Å²) in [5.41, 5.74) is 5.09. The SMILES string of the molecule is C=CCOc1ccc(NC(=O)C(=O)N/N=C\c2cccc(OCC(=O)Nc3ccc(CC)cc3)c2)cc1. The van der Waals surface area contributed by atoms with Crippen molar-refractivity contribution >= 4 is 35.3 Å². The number of hydrogen-bond donors (Lipinski definition) is 3. The van der Waals surface area contributed by atoms with E-state index in [1.165, 1.54) is 11.8 Å². The lowest BCUT2D eigenvalue weighted by molar-refractivity contribution is -0.136. The van der Waals surface area contributed by atoms with Crippen LogP contribution in [-0.4, -0.2) is 37.1 Å². The highest BCUT2D eigenvalue weighted by atomic mass is 16.5. The summed E-state index contributed by atoms with van der Waals surface area (Å²) in [6.45, 7) is 5.83. The van der Waals surface area contributed by atoms with Crippen LogP contribution in [0.25, 0.3) is 0 Å². The van der Waals surface area contributed by atoms with Gasteiger partial charge in [0, 0.05) is 11.4 Å². The molecule has 37 heavy (non-hydrogen) atoms. The number of carbonyl (C=O) groups excluding carboxylic acids is 3. The molecular weight excluding hydrogens is 472 g/mol. The molecule has 0 unspecified atom stereocenters. The van der Waals surface area contributed by atoms with Crippen molar-refractivity contribution in [1.29, 1.82) is 0 Å². The number of nitrogens with one attached hydrogen (secondary N) is 3. The Morgan fingerprint density at radius 2 is 1.57 bits per heavy atom. The van der Waals surface area contributed by atoms with E-state index in [0.29, 0.717) is 35.0 Å². The van der Waals surface area contributed by atoms with E-state index in [1.807, 2.05) is 24.3 Å². The molecule has 3 aromatic carbocycles. The number of nitrogens with zero attached hydrogens (tertiary/aromatic N) is 1. The second-order valence-corrected chi connectivity index (χ2v) is 7.74. The number of benzene rings is 3. The monoisotopic (exact) mass is 500 g/mol. The smallest absolute Gasteiger partial charge is 0.329 e. The van der Waals surface area contributed by atoms with Gasteiger partial charge < -0.3 is 20.1 Å². The van der Waals surface area contributed by atoms with Crippen LogP contribution in [0.1, 0.15) is 18.1 Å². The molecule has 3 rings (SSSR count). The molecule has 0 atom stereocenters. The number of anilines is 2. The second-order valence-electron chi connectivity index (χ2n) is 7.74. The van der Waals surface area contributed by atoms with Crippen LogP contribution in [0, 0.1) is 0 Å². The van der Waals surface area contributed by atoms with E-state index in [2.05, 4.69) is 34.7 Å². The molecule has 0 aliphatic rings. The highest BCUT2D eigenvalue weighted by Gasteiger charge is 2.13. The van der Waals surface area contributed by atoms with Gasteiger partial charge in [-0.1, -0.05) is 43.8 Å². The van der Waals surface area contributed by atoms with Gasteiger partial charge in [0.25, 0.3) is 5.91 Å². The summed E-state index contributed by atoms with van der Waals surface area (Å²) in [4.78, 5) is 36.3. The number of aryl methyl sites for hydroxylation is 1. The summed E-state index contributed by atoms with van der Waals surface area (Å²) in [7, 11) is 0. The molecule has 0 bridgehead atoms. The second kappa shape index (κ2) is 13.8. The van der Waals surface area contributed by atoms with Gasteiger partial charge in [0.1, 0.15) is 18.1 Å². The van der Waals surface area contributed by atoms with E-state index in [1.54, 1.807) is 54.6 Å². The fraction of sp³-hybridized carbons (Fsp3) is 0.143. The van der Waals surface area contributed by atoms with Crippen molar-refractivity contribution in [1.82, 2.24) is 5.43 Å². The van der Waals surface area contributed by atoms with Crippen molar-refractivity contribution in [2.75, 3.05) is 23.8 Å². The molecule has 0 saturated heterocycles. The normalized spacial score (nSPS) is 10.4. The van der Waals surface area contributed by atoms with Crippen molar-refractivity contribution in [2.45, 2.75) is 13.3 Å².